The molecule has 10 heavy (non-hydrogen) atoms. The van der Waals surface area contributed by atoms with Crippen molar-refractivity contribution in [1.82, 2.24) is 0 Å². The van der Waals surface area contributed by atoms with Crippen molar-refractivity contribution < 1.29 is 4.74 Å². The van der Waals surface area contributed by atoms with Gasteiger partial charge in [0.25, 0.3) is 0 Å². The summed E-state index contributed by atoms with van der Waals surface area (Å²) in [5.41, 5.74) is 1.55. The van der Waals surface area contributed by atoms with Gasteiger partial charge in [0.15, 0.2) is 0 Å². The van der Waals surface area contributed by atoms with Gasteiger partial charge in [0.1, 0.15) is 0 Å². The lowest BCUT2D eigenvalue weighted by Gasteiger charge is -2.19. The summed E-state index contributed by atoms with van der Waals surface area (Å²) < 4.78 is 5.54. The Morgan fingerprint density at radius 3 is 3.20 bits per heavy atom. The second-order valence-electron chi connectivity index (χ2n) is 2.91. The number of hydrogen-bond donors (Lipinski definition) is 0. The molecule has 1 heteroatoms. The van der Waals surface area contributed by atoms with Crippen molar-refractivity contribution in [3.05, 3.63) is 23.8 Å². The van der Waals surface area contributed by atoms with Gasteiger partial charge >= 0.3 is 0 Å². The van der Waals surface area contributed by atoms with E-state index >= 15 is 0 Å². The van der Waals surface area contributed by atoms with Crippen LogP contribution < -0.4 is 0 Å². The van der Waals surface area contributed by atoms with Gasteiger partial charge in [-0.15, -0.1) is 0 Å². The number of fused-ring (bicyclic) bond motifs is 2. The summed E-state index contributed by atoms with van der Waals surface area (Å²) in [4.78, 5) is 0. The third-order valence-corrected chi connectivity index (χ3v) is 2.16. The number of ether oxygens (including phenoxy) is 1. The van der Waals surface area contributed by atoms with E-state index in [-0.39, 0.29) is 0 Å². The fourth-order valence-corrected chi connectivity index (χ4v) is 1.56. The fraction of sp³-hybridized carbons (Fsp3) is 0.556. The Morgan fingerprint density at radius 1 is 1.60 bits per heavy atom. The van der Waals surface area contributed by atoms with Crippen LogP contribution in [0, 0.1) is 0 Å². The maximum atomic E-state index is 5.54. The van der Waals surface area contributed by atoms with Gasteiger partial charge in [0.05, 0.1) is 12.2 Å². The maximum absolute atomic E-state index is 5.54. The molecule has 2 atom stereocenters. The van der Waals surface area contributed by atoms with Crippen LogP contribution in [0.5, 0.6) is 0 Å². The molecule has 1 nitrogen and oxygen atoms in total. The van der Waals surface area contributed by atoms with E-state index in [1.807, 2.05) is 0 Å². The summed E-state index contributed by atoms with van der Waals surface area (Å²) in [6.07, 6.45) is 9.54. The van der Waals surface area contributed by atoms with Gasteiger partial charge in [0.2, 0.25) is 0 Å². The highest BCUT2D eigenvalue weighted by atomic mass is 16.5. The predicted molar refractivity (Wildman–Crippen MR) is 40.8 cm³/mol. The predicted octanol–water partition coefficient (Wildman–Crippen LogP) is 2.05. The summed E-state index contributed by atoms with van der Waals surface area (Å²) in [7, 11) is 0. The zero-order valence-electron chi connectivity index (χ0n) is 6.21. The van der Waals surface area contributed by atoms with Crippen molar-refractivity contribution in [2.24, 2.45) is 0 Å². The minimum atomic E-state index is 0.300. The summed E-state index contributed by atoms with van der Waals surface area (Å²) in [5, 5.41) is 0. The highest BCUT2D eigenvalue weighted by Gasteiger charge is 2.22. The van der Waals surface area contributed by atoms with Gasteiger partial charge in [-0.25, -0.2) is 0 Å². The molecule has 2 aliphatic heterocycles. The molecule has 0 aromatic carbocycles. The van der Waals surface area contributed by atoms with Crippen molar-refractivity contribution in [2.45, 2.75) is 32.0 Å². The second-order valence-corrected chi connectivity index (χ2v) is 2.91. The molecule has 0 fully saturated rings. The first-order valence-electron chi connectivity index (χ1n) is 3.92. The third kappa shape index (κ3) is 0.907. The minimum Gasteiger partial charge on any atom is -0.362 e. The molecule has 0 saturated carbocycles. The smallest absolute Gasteiger partial charge is 0.0949 e. The molecule has 2 bridgehead atoms. The lowest BCUT2D eigenvalue weighted by atomic mass is 10.0. The van der Waals surface area contributed by atoms with Crippen LogP contribution >= 0.6 is 0 Å². The van der Waals surface area contributed by atoms with E-state index in [0.29, 0.717) is 12.2 Å². The molecule has 2 rings (SSSR count). The van der Waals surface area contributed by atoms with Crippen LogP contribution in [0.25, 0.3) is 0 Å². The van der Waals surface area contributed by atoms with Crippen LogP contribution in [-0.4, -0.2) is 12.2 Å². The Balaban J connectivity index is 2.17. The van der Waals surface area contributed by atoms with Crippen molar-refractivity contribution in [1.29, 1.82) is 0 Å². The van der Waals surface area contributed by atoms with Crippen LogP contribution in [0.1, 0.15) is 19.8 Å². The molecule has 0 amide bonds. The summed E-state index contributed by atoms with van der Waals surface area (Å²) in [6.45, 7) is 2.20. The van der Waals surface area contributed by atoms with Gasteiger partial charge in [0, 0.05) is 0 Å². The largest absolute Gasteiger partial charge is 0.362 e. The Morgan fingerprint density at radius 2 is 2.50 bits per heavy atom. The van der Waals surface area contributed by atoms with Crippen molar-refractivity contribution >= 4 is 0 Å². The van der Waals surface area contributed by atoms with Gasteiger partial charge in [-0.2, -0.15) is 0 Å². The first-order chi connectivity index (χ1) is 4.88. The van der Waals surface area contributed by atoms with E-state index in [1.165, 1.54) is 6.42 Å². The number of rotatable bonds is 1. The molecule has 54 valence electrons. The van der Waals surface area contributed by atoms with E-state index in [0.717, 1.165) is 6.42 Å². The highest BCUT2D eigenvalue weighted by molar-refractivity contribution is 5.22. The zero-order valence-corrected chi connectivity index (χ0v) is 6.21. The van der Waals surface area contributed by atoms with E-state index in [1.54, 1.807) is 5.57 Å². The standard InChI is InChI=1S/C9H12O/c1-2-7-5-8-3-4-9(6-7)10-8/h3-5,8-9H,2,6H2,1H3/t8-,9+/m0/s1. The average molecular weight is 136 g/mol. The van der Waals surface area contributed by atoms with E-state index in [9.17, 15) is 0 Å². The maximum Gasteiger partial charge on any atom is 0.0949 e. The second kappa shape index (κ2) is 2.24. The average Bonchev–Trinajstić information content (AvgIpc) is 2.30. The molecular weight excluding hydrogens is 124 g/mol. The molecule has 2 heterocycles. The van der Waals surface area contributed by atoms with Crippen molar-refractivity contribution in [3.8, 4) is 0 Å². The Bertz CT molecular complexity index is 191. The molecule has 0 radical (unpaired) electrons. The van der Waals surface area contributed by atoms with Gasteiger partial charge in [-0.05, 0) is 12.8 Å². The molecule has 2 aliphatic rings. The lowest BCUT2D eigenvalue weighted by Crippen LogP contribution is -2.16. The molecule has 0 aromatic heterocycles. The van der Waals surface area contributed by atoms with Crippen LogP contribution in [-0.2, 0) is 4.74 Å². The lowest BCUT2D eigenvalue weighted by molar-refractivity contribution is 0.0757. The number of hydrogen-bond acceptors (Lipinski definition) is 1. The van der Waals surface area contributed by atoms with Crippen LogP contribution in [0.4, 0.5) is 0 Å². The third-order valence-electron chi connectivity index (χ3n) is 2.16. The Hall–Kier alpha value is -0.560. The van der Waals surface area contributed by atoms with Crippen LogP contribution in [0.2, 0.25) is 0 Å². The first kappa shape index (κ1) is 6.17. The zero-order chi connectivity index (χ0) is 6.97. The van der Waals surface area contributed by atoms with Gasteiger partial charge < -0.3 is 4.74 Å². The topological polar surface area (TPSA) is 9.23 Å². The monoisotopic (exact) mass is 136 g/mol. The van der Waals surface area contributed by atoms with E-state index in [4.69, 9.17) is 4.74 Å². The van der Waals surface area contributed by atoms with E-state index < -0.39 is 0 Å². The summed E-state index contributed by atoms with van der Waals surface area (Å²) >= 11 is 0. The van der Waals surface area contributed by atoms with Crippen LogP contribution in [0.15, 0.2) is 23.8 Å². The Kier molecular flexibility index (Phi) is 1.38. The molecule has 0 aromatic rings. The van der Waals surface area contributed by atoms with Crippen LogP contribution in [0.3, 0.4) is 0 Å². The van der Waals surface area contributed by atoms with Crippen molar-refractivity contribution in [2.75, 3.05) is 0 Å². The first-order valence-corrected chi connectivity index (χ1v) is 3.92. The summed E-state index contributed by atoms with van der Waals surface area (Å²) in [6, 6.07) is 0. The highest BCUT2D eigenvalue weighted by Crippen LogP contribution is 2.27. The van der Waals surface area contributed by atoms with Crippen molar-refractivity contribution in [3.63, 3.8) is 0 Å². The van der Waals surface area contributed by atoms with E-state index in [2.05, 4.69) is 25.2 Å². The molecule has 0 saturated heterocycles. The SMILES string of the molecule is CCC1=C[C@@H]2C=C[C@H](C1)O2. The normalized spacial score (nSPS) is 36.3. The molecule has 0 aliphatic carbocycles. The molecule has 0 unspecified atom stereocenters. The summed E-state index contributed by atoms with van der Waals surface area (Å²) in [5.74, 6) is 0. The molecular formula is C9H12O. The van der Waals surface area contributed by atoms with Gasteiger partial charge in [-0.1, -0.05) is 30.7 Å². The molecule has 0 N–H and O–H groups in total. The van der Waals surface area contributed by atoms with Gasteiger partial charge in [-0.3, -0.25) is 0 Å². The molecule has 0 spiro atoms. The minimum absolute atomic E-state index is 0.300. The Labute approximate surface area is 61.4 Å². The fourth-order valence-electron chi connectivity index (χ4n) is 1.56. The quantitative estimate of drug-likeness (QED) is 0.501.